The molecule has 2 aromatic heterocycles. The Morgan fingerprint density at radius 1 is 0.722 bits per heavy atom. The van der Waals surface area contributed by atoms with Crippen molar-refractivity contribution in [3.63, 3.8) is 0 Å². The van der Waals surface area contributed by atoms with Crippen LogP contribution < -0.4 is 29.6 Å². The molecule has 4 rings (SSSR count). The molecule has 1 atom stereocenters. The largest absolute Gasteiger partial charge is 0.481 e. The number of anilines is 2. The topological polar surface area (TPSA) is 284 Å². The van der Waals surface area contributed by atoms with Crippen LogP contribution in [0.4, 0.5) is 21.5 Å². The van der Waals surface area contributed by atoms with E-state index in [2.05, 4.69) is 30.6 Å². The van der Waals surface area contributed by atoms with Crippen LogP contribution in [0.2, 0.25) is 10.3 Å². The molecule has 0 aliphatic rings. The Labute approximate surface area is 317 Å². The SMILES string of the molecule is CCC(C)OC(=O)c1ccccc1S(=O)(=O)NC(=O)Nc1nc(Cl)cc(OC)n1.COc1cc(Cl)nc(NC(=O)NS(=O)(=O)c2ccccc2C(=O)O)n1. The number of nitrogens with one attached hydrogen (secondary N) is 4. The summed E-state index contributed by atoms with van der Waals surface area (Å²) in [6.45, 7) is 3.50. The summed E-state index contributed by atoms with van der Waals surface area (Å²) in [4.78, 5) is 61.5. The number of aromatic nitrogens is 4. The van der Waals surface area contributed by atoms with E-state index in [1.807, 2.05) is 6.92 Å². The van der Waals surface area contributed by atoms with E-state index in [4.69, 9.17) is 42.5 Å². The average Bonchev–Trinajstić information content (AvgIpc) is 3.10. The highest BCUT2D eigenvalue weighted by Crippen LogP contribution is 2.20. The Balaban J connectivity index is 0.000000294. The van der Waals surface area contributed by atoms with Gasteiger partial charge in [0.25, 0.3) is 20.0 Å². The zero-order chi connectivity index (χ0) is 40.2. The lowest BCUT2D eigenvalue weighted by Crippen LogP contribution is -2.35. The Bertz CT molecular complexity index is 2260. The van der Waals surface area contributed by atoms with Gasteiger partial charge in [0.1, 0.15) is 20.1 Å². The van der Waals surface area contributed by atoms with Gasteiger partial charge >= 0.3 is 24.0 Å². The number of hydrogen-bond donors (Lipinski definition) is 5. The van der Waals surface area contributed by atoms with E-state index in [9.17, 15) is 36.0 Å². The van der Waals surface area contributed by atoms with Gasteiger partial charge in [0.2, 0.25) is 23.7 Å². The summed E-state index contributed by atoms with van der Waals surface area (Å²) in [7, 11) is -6.20. The summed E-state index contributed by atoms with van der Waals surface area (Å²) in [5, 5.41) is 13.2. The Kier molecular flexibility index (Phi) is 14.8. The van der Waals surface area contributed by atoms with E-state index < -0.39 is 65.5 Å². The molecule has 0 radical (unpaired) electrons. The lowest BCUT2D eigenvalue weighted by Gasteiger charge is -2.14. The summed E-state index contributed by atoms with van der Waals surface area (Å²) in [5.41, 5.74) is -0.683. The third kappa shape index (κ3) is 12.1. The fourth-order valence-electron chi connectivity index (χ4n) is 3.80. The van der Waals surface area contributed by atoms with Crippen molar-refractivity contribution in [1.82, 2.24) is 29.4 Å². The number of amides is 4. The van der Waals surface area contributed by atoms with Crippen molar-refractivity contribution >= 4 is 79.1 Å². The van der Waals surface area contributed by atoms with Crippen LogP contribution in [0.25, 0.3) is 0 Å². The van der Waals surface area contributed by atoms with E-state index in [0.717, 1.165) is 12.1 Å². The van der Waals surface area contributed by atoms with Crippen molar-refractivity contribution in [3.05, 3.63) is 82.1 Å². The fourth-order valence-corrected chi connectivity index (χ4v) is 6.36. The zero-order valence-corrected chi connectivity index (χ0v) is 31.5. The lowest BCUT2D eigenvalue weighted by atomic mass is 10.2. The first kappa shape index (κ1) is 42.6. The fraction of sp³-hybridized carbons (Fsp3) is 0.200. The van der Waals surface area contributed by atoms with Gasteiger partial charge in [-0.1, -0.05) is 54.4 Å². The quantitative estimate of drug-likeness (QED) is 0.0998. The number of carbonyl (C=O) groups excluding carboxylic acids is 3. The summed E-state index contributed by atoms with van der Waals surface area (Å²) in [6.07, 6.45) is 0.161. The molecule has 0 aliphatic carbocycles. The second-order valence-corrected chi connectivity index (χ2v) is 14.2. The summed E-state index contributed by atoms with van der Waals surface area (Å²) in [5.74, 6) is -2.72. The Morgan fingerprint density at radius 2 is 1.13 bits per heavy atom. The molecule has 0 fully saturated rings. The van der Waals surface area contributed by atoms with Crippen molar-refractivity contribution in [1.29, 1.82) is 0 Å². The molecule has 54 heavy (non-hydrogen) atoms. The minimum Gasteiger partial charge on any atom is -0.481 e. The number of benzene rings is 2. The number of rotatable bonds is 12. The first-order valence-corrected chi connectivity index (χ1v) is 18.6. The smallest absolute Gasteiger partial charge is 0.339 e. The molecule has 2 heterocycles. The number of hydrogen-bond acceptors (Lipinski definition) is 15. The lowest BCUT2D eigenvalue weighted by molar-refractivity contribution is 0.0329. The average molecular weight is 830 g/mol. The van der Waals surface area contributed by atoms with Crippen LogP contribution in [0.3, 0.4) is 0 Å². The van der Waals surface area contributed by atoms with Crippen LogP contribution in [0.1, 0.15) is 41.0 Å². The normalized spacial score (nSPS) is 11.4. The number of ether oxygens (including phenoxy) is 3. The molecular formula is C30H30Cl2N8O12S2. The number of sulfonamides is 2. The molecule has 288 valence electrons. The molecule has 20 nitrogen and oxygen atoms in total. The number of halogens is 2. The van der Waals surface area contributed by atoms with Gasteiger partial charge < -0.3 is 19.3 Å². The van der Waals surface area contributed by atoms with Gasteiger partial charge in [0, 0.05) is 12.1 Å². The van der Waals surface area contributed by atoms with Crippen LogP contribution >= 0.6 is 23.2 Å². The third-order valence-electron chi connectivity index (χ3n) is 6.35. The van der Waals surface area contributed by atoms with Gasteiger partial charge in [-0.25, -0.2) is 55.4 Å². The molecular weight excluding hydrogens is 799 g/mol. The molecule has 1 unspecified atom stereocenters. The molecule has 4 aromatic rings. The second kappa shape index (κ2) is 18.8. The number of urea groups is 2. The van der Waals surface area contributed by atoms with Crippen LogP contribution in [-0.4, -0.2) is 86.2 Å². The molecule has 0 saturated carbocycles. The number of carboxylic acid groups (broad SMARTS) is 1. The zero-order valence-electron chi connectivity index (χ0n) is 28.4. The maximum Gasteiger partial charge on any atom is 0.339 e. The maximum atomic E-state index is 12.6. The van der Waals surface area contributed by atoms with E-state index in [1.165, 1.54) is 62.8 Å². The Morgan fingerprint density at radius 3 is 1.54 bits per heavy atom. The van der Waals surface area contributed by atoms with Gasteiger partial charge in [-0.2, -0.15) is 9.97 Å². The van der Waals surface area contributed by atoms with Crippen molar-refractivity contribution in [2.45, 2.75) is 36.2 Å². The summed E-state index contributed by atoms with van der Waals surface area (Å²) in [6, 6.07) is 10.4. The first-order valence-electron chi connectivity index (χ1n) is 14.9. The molecule has 4 amide bonds. The highest BCUT2D eigenvalue weighted by molar-refractivity contribution is 7.90. The maximum absolute atomic E-state index is 12.6. The minimum absolute atomic E-state index is 0.0202. The number of nitrogens with zero attached hydrogens (tertiary/aromatic N) is 4. The van der Waals surface area contributed by atoms with Gasteiger partial charge in [0.15, 0.2) is 0 Å². The van der Waals surface area contributed by atoms with Gasteiger partial charge in [-0.15, -0.1) is 0 Å². The number of aromatic carboxylic acids is 1. The summed E-state index contributed by atoms with van der Waals surface area (Å²) < 4.78 is 68.1. The number of carbonyl (C=O) groups is 4. The molecule has 24 heteroatoms. The highest BCUT2D eigenvalue weighted by atomic mass is 35.5. The van der Waals surface area contributed by atoms with Crippen molar-refractivity contribution in [3.8, 4) is 11.8 Å². The number of carboxylic acids is 1. The minimum atomic E-state index is -4.44. The third-order valence-corrected chi connectivity index (χ3v) is 9.52. The van der Waals surface area contributed by atoms with E-state index in [-0.39, 0.29) is 39.5 Å². The van der Waals surface area contributed by atoms with Crippen LogP contribution in [0.5, 0.6) is 11.8 Å². The molecule has 0 spiro atoms. The van der Waals surface area contributed by atoms with E-state index >= 15 is 0 Å². The monoisotopic (exact) mass is 828 g/mol. The standard InChI is InChI=1S/C17H19ClN4O6S.C13H11ClN4O6S/c1-4-10(2)28-15(23)11-7-5-6-8-12(11)29(25,26)22-17(24)21-16-19-13(18)9-14(20-16)27-3;1-24-10-6-9(14)15-12(16-10)17-13(21)18-25(22,23)8-5-3-2-4-7(8)11(19)20/h5-10H,4H2,1-3H3,(H2,19,20,21,22,24);2-6H,1H3,(H,19,20)(H2,15,16,17,18,21). The van der Waals surface area contributed by atoms with Crippen molar-refractivity contribution < 1.29 is 55.3 Å². The molecule has 0 bridgehead atoms. The molecule has 0 saturated heterocycles. The Hall–Kier alpha value is -5.84. The predicted octanol–water partition coefficient (Wildman–Crippen LogP) is 3.95. The van der Waals surface area contributed by atoms with Crippen LogP contribution in [0.15, 0.2) is 70.5 Å². The van der Waals surface area contributed by atoms with Gasteiger partial charge in [0.05, 0.1) is 31.5 Å². The predicted molar refractivity (Wildman–Crippen MR) is 191 cm³/mol. The van der Waals surface area contributed by atoms with Gasteiger partial charge in [-0.05, 0) is 37.6 Å². The van der Waals surface area contributed by atoms with Crippen molar-refractivity contribution in [2.24, 2.45) is 0 Å². The number of esters is 1. The molecule has 2 aromatic carbocycles. The number of methoxy groups -OCH3 is 2. The molecule has 0 aliphatic heterocycles. The van der Waals surface area contributed by atoms with Crippen LogP contribution in [0, 0.1) is 0 Å². The highest BCUT2D eigenvalue weighted by Gasteiger charge is 2.27. The van der Waals surface area contributed by atoms with Crippen LogP contribution in [-0.2, 0) is 24.8 Å². The van der Waals surface area contributed by atoms with E-state index in [1.54, 1.807) is 16.4 Å². The summed E-state index contributed by atoms with van der Waals surface area (Å²) >= 11 is 11.5. The second-order valence-electron chi connectivity index (χ2n) is 10.2. The first-order chi connectivity index (χ1) is 25.4. The van der Waals surface area contributed by atoms with E-state index in [0.29, 0.717) is 6.42 Å². The van der Waals surface area contributed by atoms with Crippen molar-refractivity contribution in [2.75, 3.05) is 24.9 Å². The molecule has 5 N–H and O–H groups in total. The van der Waals surface area contributed by atoms with Gasteiger partial charge in [-0.3, -0.25) is 10.6 Å².